The summed E-state index contributed by atoms with van der Waals surface area (Å²) in [5.41, 5.74) is 9.44. The van der Waals surface area contributed by atoms with Crippen LogP contribution in [0.25, 0.3) is 111 Å². The van der Waals surface area contributed by atoms with Gasteiger partial charge in [-0.2, -0.15) is 0 Å². The van der Waals surface area contributed by atoms with Gasteiger partial charge in [-0.25, -0.2) is 19.9 Å². The van der Waals surface area contributed by atoms with Crippen LogP contribution in [0.1, 0.15) is 0 Å². The molecule has 5 heteroatoms. The first-order valence-corrected chi connectivity index (χ1v) is 19.1. The molecule has 2 heterocycles. The molecular weight excluding hydrogens is 697 g/mol. The van der Waals surface area contributed by atoms with Crippen LogP contribution in [-0.2, 0) is 0 Å². The first-order valence-electron chi connectivity index (χ1n) is 19.1. The maximum atomic E-state index is 6.60. The summed E-state index contributed by atoms with van der Waals surface area (Å²) in [6, 6.07) is 67.0. The number of benzene rings is 9. The van der Waals surface area contributed by atoms with Crippen LogP contribution >= 0.6 is 0 Å². The topological polar surface area (TPSA) is 64.7 Å². The molecule has 2 aromatic heterocycles. The molecule has 11 aromatic rings. The highest BCUT2D eigenvalue weighted by Gasteiger charge is 2.21. The lowest BCUT2D eigenvalue weighted by Gasteiger charge is -2.15. The van der Waals surface area contributed by atoms with Crippen LogP contribution < -0.4 is 0 Å². The monoisotopic (exact) mass is 728 g/mol. The fourth-order valence-electron chi connectivity index (χ4n) is 8.05. The lowest BCUT2D eigenvalue weighted by atomic mass is 9.93. The fraction of sp³-hybridized carbons (Fsp3) is 0. The van der Waals surface area contributed by atoms with Crippen molar-refractivity contribution in [2.75, 3.05) is 0 Å². The summed E-state index contributed by atoms with van der Waals surface area (Å²) in [6.45, 7) is 0. The van der Waals surface area contributed by atoms with Crippen molar-refractivity contribution in [3.05, 3.63) is 194 Å². The van der Waals surface area contributed by atoms with Gasteiger partial charge in [-0.3, -0.25) is 0 Å². The minimum Gasteiger partial charge on any atom is -0.435 e. The van der Waals surface area contributed by atoms with Gasteiger partial charge in [-0.05, 0) is 79.5 Å². The van der Waals surface area contributed by atoms with E-state index in [1.165, 1.54) is 5.39 Å². The van der Waals surface area contributed by atoms with Gasteiger partial charge in [0.1, 0.15) is 5.52 Å². The first-order chi connectivity index (χ1) is 28.2. The SMILES string of the molecule is c1ccc(-c2cccc(-c3nc(-c4ccccc4-c4cccc5ccc6nc(-c7ccccc7)oc6c45)nc(-c4cc5ccccc5c5ccccc45)n3)c2)cc1. The summed E-state index contributed by atoms with van der Waals surface area (Å²) in [7, 11) is 0. The van der Waals surface area contributed by atoms with Crippen LogP contribution in [-0.4, -0.2) is 19.9 Å². The number of aromatic nitrogens is 4. The maximum absolute atomic E-state index is 6.60. The van der Waals surface area contributed by atoms with E-state index in [2.05, 4.69) is 146 Å². The Morgan fingerprint density at radius 2 is 0.895 bits per heavy atom. The summed E-state index contributed by atoms with van der Waals surface area (Å²) in [6.07, 6.45) is 0. The van der Waals surface area contributed by atoms with E-state index < -0.39 is 0 Å². The number of fused-ring (bicyclic) bond motifs is 6. The van der Waals surface area contributed by atoms with Gasteiger partial charge in [-0.15, -0.1) is 0 Å². The molecule has 0 fully saturated rings. The number of hydrogen-bond donors (Lipinski definition) is 0. The molecule has 0 saturated heterocycles. The first kappa shape index (κ1) is 32.7. The van der Waals surface area contributed by atoms with Crippen molar-refractivity contribution in [1.29, 1.82) is 0 Å². The molecule has 0 N–H and O–H groups in total. The standard InChI is InChI=1S/C52H32N4O/c1-3-15-33(16-4-1)36-21-13-22-38(31-36)49-54-50(56-51(55-49)45-32-37-19-7-8-23-39(37)40-24-9-10-25-41(40)45)44-27-12-11-26-42(44)43-28-14-20-34-29-30-46-48(47(34)43)57-52(53-46)35-17-5-2-6-18-35/h1-32H. The van der Waals surface area contributed by atoms with Crippen molar-refractivity contribution in [3.63, 3.8) is 0 Å². The Kier molecular flexibility index (Phi) is 7.74. The molecule has 0 bridgehead atoms. The molecule has 11 rings (SSSR count). The Hall–Kier alpha value is -7.76. The smallest absolute Gasteiger partial charge is 0.227 e. The summed E-state index contributed by atoms with van der Waals surface area (Å²) >= 11 is 0. The van der Waals surface area contributed by atoms with Crippen LogP contribution in [0.3, 0.4) is 0 Å². The van der Waals surface area contributed by atoms with Crippen LogP contribution in [0.5, 0.6) is 0 Å². The zero-order valence-corrected chi connectivity index (χ0v) is 30.7. The Morgan fingerprint density at radius 3 is 1.72 bits per heavy atom. The van der Waals surface area contributed by atoms with Gasteiger partial charge in [0.05, 0.1) is 0 Å². The Labute approximate surface area is 328 Å². The summed E-state index contributed by atoms with van der Waals surface area (Å²) < 4.78 is 6.60. The average molecular weight is 729 g/mol. The molecule has 0 amide bonds. The minimum atomic E-state index is 0.583. The van der Waals surface area contributed by atoms with Crippen molar-refractivity contribution in [2.45, 2.75) is 0 Å². The van der Waals surface area contributed by atoms with Gasteiger partial charge in [0.15, 0.2) is 23.1 Å². The molecule has 0 aliphatic heterocycles. The molecule has 0 atom stereocenters. The Balaban J connectivity index is 1.16. The Morgan fingerprint density at radius 1 is 0.316 bits per heavy atom. The number of oxazole rings is 1. The second-order valence-electron chi connectivity index (χ2n) is 14.2. The van der Waals surface area contributed by atoms with E-state index >= 15 is 0 Å². The molecule has 0 aliphatic carbocycles. The largest absolute Gasteiger partial charge is 0.435 e. The van der Waals surface area contributed by atoms with E-state index in [0.29, 0.717) is 23.4 Å². The van der Waals surface area contributed by atoms with E-state index in [1.807, 2.05) is 48.5 Å². The van der Waals surface area contributed by atoms with Gasteiger partial charge >= 0.3 is 0 Å². The highest BCUT2D eigenvalue weighted by Crippen LogP contribution is 2.41. The molecule has 0 unspecified atom stereocenters. The Bertz CT molecular complexity index is 3300. The van der Waals surface area contributed by atoms with Crippen LogP contribution in [0.15, 0.2) is 199 Å². The zero-order valence-electron chi connectivity index (χ0n) is 30.7. The number of nitrogens with zero attached hydrogens (tertiary/aromatic N) is 4. The van der Waals surface area contributed by atoms with Gasteiger partial charge in [0.2, 0.25) is 5.89 Å². The van der Waals surface area contributed by atoms with Crippen molar-refractivity contribution >= 4 is 43.4 Å². The van der Waals surface area contributed by atoms with Crippen molar-refractivity contribution in [3.8, 4) is 67.9 Å². The fourth-order valence-corrected chi connectivity index (χ4v) is 8.05. The van der Waals surface area contributed by atoms with Crippen LogP contribution in [0.4, 0.5) is 0 Å². The van der Waals surface area contributed by atoms with Crippen molar-refractivity contribution in [1.82, 2.24) is 19.9 Å². The van der Waals surface area contributed by atoms with E-state index in [0.717, 1.165) is 82.5 Å². The van der Waals surface area contributed by atoms with Gasteiger partial charge in [0.25, 0.3) is 0 Å². The second kappa shape index (κ2) is 13.5. The van der Waals surface area contributed by atoms with Crippen molar-refractivity contribution < 1.29 is 4.42 Å². The average Bonchev–Trinajstić information content (AvgIpc) is 3.74. The lowest BCUT2D eigenvalue weighted by molar-refractivity contribution is 0.623. The number of hydrogen-bond acceptors (Lipinski definition) is 5. The zero-order chi connectivity index (χ0) is 37.7. The highest BCUT2D eigenvalue weighted by atomic mass is 16.3. The predicted octanol–water partition coefficient (Wildman–Crippen LogP) is 13.5. The normalized spacial score (nSPS) is 11.5. The van der Waals surface area contributed by atoms with E-state index in [1.54, 1.807) is 0 Å². The second-order valence-corrected chi connectivity index (χ2v) is 14.2. The molecule has 0 spiro atoms. The van der Waals surface area contributed by atoms with E-state index in [4.69, 9.17) is 24.4 Å². The molecule has 9 aromatic carbocycles. The van der Waals surface area contributed by atoms with Crippen molar-refractivity contribution in [2.24, 2.45) is 0 Å². The predicted molar refractivity (Wildman–Crippen MR) is 233 cm³/mol. The van der Waals surface area contributed by atoms with Gasteiger partial charge in [-0.1, -0.05) is 164 Å². The lowest BCUT2D eigenvalue weighted by Crippen LogP contribution is -2.02. The molecule has 0 radical (unpaired) electrons. The van der Waals surface area contributed by atoms with Crippen LogP contribution in [0.2, 0.25) is 0 Å². The molecule has 0 aliphatic rings. The summed E-state index contributed by atoms with van der Waals surface area (Å²) in [5, 5.41) is 6.61. The quantitative estimate of drug-likeness (QED) is 0.160. The molecule has 5 nitrogen and oxygen atoms in total. The van der Waals surface area contributed by atoms with Crippen LogP contribution in [0, 0.1) is 0 Å². The molecule has 266 valence electrons. The third-order valence-electron chi connectivity index (χ3n) is 10.7. The maximum Gasteiger partial charge on any atom is 0.227 e. The number of rotatable bonds is 6. The van der Waals surface area contributed by atoms with Gasteiger partial charge in [0, 0.05) is 27.6 Å². The van der Waals surface area contributed by atoms with E-state index in [-0.39, 0.29) is 0 Å². The summed E-state index contributed by atoms with van der Waals surface area (Å²) in [4.78, 5) is 20.8. The minimum absolute atomic E-state index is 0.583. The molecular formula is C52H32N4O. The third kappa shape index (κ3) is 5.72. The molecule has 57 heavy (non-hydrogen) atoms. The highest BCUT2D eigenvalue weighted by molar-refractivity contribution is 6.14. The molecule has 0 saturated carbocycles. The van der Waals surface area contributed by atoms with Gasteiger partial charge < -0.3 is 4.42 Å². The third-order valence-corrected chi connectivity index (χ3v) is 10.7. The summed E-state index contributed by atoms with van der Waals surface area (Å²) in [5.74, 6) is 2.38. The van der Waals surface area contributed by atoms with E-state index in [9.17, 15) is 0 Å².